The molecule has 0 bridgehead atoms. The summed E-state index contributed by atoms with van der Waals surface area (Å²) in [5.41, 5.74) is 1.41. The Balaban J connectivity index is 1.34. The summed E-state index contributed by atoms with van der Waals surface area (Å²) in [6.45, 7) is 1.99. The lowest BCUT2D eigenvalue weighted by Crippen LogP contribution is -2.49. The van der Waals surface area contributed by atoms with Gasteiger partial charge in [-0.3, -0.25) is 9.78 Å². The molecule has 1 saturated carbocycles. The van der Waals surface area contributed by atoms with E-state index in [2.05, 4.69) is 22.3 Å². The minimum atomic E-state index is -0.325. The second kappa shape index (κ2) is 8.47. The average Bonchev–Trinajstić information content (AvgIpc) is 3.52. The van der Waals surface area contributed by atoms with E-state index < -0.39 is 0 Å². The molecule has 2 fully saturated rings. The van der Waals surface area contributed by atoms with Gasteiger partial charge in [-0.2, -0.15) is 4.98 Å². The van der Waals surface area contributed by atoms with Crippen molar-refractivity contribution in [2.75, 3.05) is 26.8 Å². The van der Waals surface area contributed by atoms with Crippen molar-refractivity contribution in [2.24, 2.45) is 0 Å². The number of piperidine rings is 1. The number of carbonyl (C=O) groups is 1. The Hall–Kier alpha value is -3.06. The topological polar surface area (TPSA) is 81.3 Å². The van der Waals surface area contributed by atoms with Gasteiger partial charge in [0.05, 0.1) is 5.41 Å². The molecule has 5 rings (SSSR count). The first kappa shape index (κ1) is 20.8. The molecule has 3 aromatic rings. The van der Waals surface area contributed by atoms with Crippen LogP contribution in [0.15, 0.2) is 59.4 Å². The van der Waals surface area contributed by atoms with Crippen LogP contribution < -0.4 is 0 Å². The van der Waals surface area contributed by atoms with E-state index in [4.69, 9.17) is 14.2 Å². The SMILES string of the molecule is COCCC1(c2noc(-c3ccncc3)n2)CCN(C(=O)C2(c3ccccc3)CC2)CC1. The number of hydrogen-bond acceptors (Lipinski definition) is 6. The molecular formula is C25H28N4O3. The highest BCUT2D eigenvalue weighted by molar-refractivity contribution is 5.91. The molecule has 0 N–H and O–H groups in total. The fraction of sp³-hybridized carbons (Fsp3) is 0.440. The smallest absolute Gasteiger partial charge is 0.258 e. The van der Waals surface area contributed by atoms with E-state index in [0.717, 1.165) is 43.2 Å². The van der Waals surface area contributed by atoms with Gasteiger partial charge in [-0.15, -0.1) is 0 Å². The van der Waals surface area contributed by atoms with Gasteiger partial charge in [0.15, 0.2) is 5.82 Å². The number of aromatic nitrogens is 3. The van der Waals surface area contributed by atoms with Crippen molar-refractivity contribution in [1.29, 1.82) is 0 Å². The summed E-state index contributed by atoms with van der Waals surface area (Å²) in [6.07, 6.45) is 7.67. The molecule has 166 valence electrons. The highest BCUT2D eigenvalue weighted by Gasteiger charge is 2.54. The van der Waals surface area contributed by atoms with Crippen molar-refractivity contribution in [1.82, 2.24) is 20.0 Å². The Labute approximate surface area is 187 Å². The third-order valence-corrected chi connectivity index (χ3v) is 7.11. The second-order valence-corrected chi connectivity index (χ2v) is 8.92. The molecule has 1 saturated heterocycles. The molecule has 3 heterocycles. The van der Waals surface area contributed by atoms with E-state index in [1.54, 1.807) is 19.5 Å². The highest BCUT2D eigenvalue weighted by Crippen LogP contribution is 2.50. The van der Waals surface area contributed by atoms with E-state index in [0.29, 0.717) is 31.4 Å². The summed E-state index contributed by atoms with van der Waals surface area (Å²) in [4.78, 5) is 24.3. The quantitative estimate of drug-likeness (QED) is 0.565. The van der Waals surface area contributed by atoms with Gasteiger partial charge in [0, 0.05) is 50.2 Å². The zero-order valence-electron chi connectivity index (χ0n) is 18.4. The van der Waals surface area contributed by atoms with Crippen LogP contribution in [0.5, 0.6) is 0 Å². The Morgan fingerprint density at radius 3 is 2.44 bits per heavy atom. The molecule has 1 aromatic carbocycles. The molecule has 7 heteroatoms. The summed E-state index contributed by atoms with van der Waals surface area (Å²) in [5, 5.41) is 4.35. The van der Waals surface area contributed by atoms with Crippen LogP contribution in [0.3, 0.4) is 0 Å². The van der Waals surface area contributed by atoms with Crippen LogP contribution in [0.25, 0.3) is 11.5 Å². The number of ether oxygens (including phenoxy) is 1. The highest BCUT2D eigenvalue weighted by atomic mass is 16.5. The third-order valence-electron chi connectivity index (χ3n) is 7.11. The maximum Gasteiger partial charge on any atom is 0.258 e. The van der Waals surface area contributed by atoms with E-state index in [1.807, 2.05) is 35.2 Å². The van der Waals surface area contributed by atoms with Crippen LogP contribution in [0.2, 0.25) is 0 Å². The molecule has 0 spiro atoms. The number of methoxy groups -OCH3 is 1. The van der Waals surface area contributed by atoms with Gasteiger partial charge in [-0.1, -0.05) is 35.5 Å². The van der Waals surface area contributed by atoms with E-state index in [1.165, 1.54) is 0 Å². The normalized spacial score (nSPS) is 19.0. The van der Waals surface area contributed by atoms with Crippen LogP contribution in [-0.4, -0.2) is 52.7 Å². The van der Waals surface area contributed by atoms with Gasteiger partial charge in [0.25, 0.3) is 5.89 Å². The Morgan fingerprint density at radius 2 is 1.78 bits per heavy atom. The van der Waals surface area contributed by atoms with Crippen molar-refractivity contribution < 1.29 is 14.1 Å². The van der Waals surface area contributed by atoms with Gasteiger partial charge >= 0.3 is 0 Å². The number of pyridine rings is 1. The number of hydrogen-bond donors (Lipinski definition) is 0. The molecule has 0 radical (unpaired) electrons. The standard InChI is InChI=1S/C25H28N4O3/c1-31-18-13-24(22-27-21(32-28-22)19-7-14-26-15-8-19)11-16-29(17-12-24)23(30)25(9-10-25)20-5-3-2-4-6-20/h2-8,14-15H,9-13,16-18H2,1H3. The lowest BCUT2D eigenvalue weighted by Gasteiger charge is -2.41. The van der Waals surface area contributed by atoms with Crippen LogP contribution in [0.4, 0.5) is 0 Å². The summed E-state index contributed by atoms with van der Waals surface area (Å²) in [7, 11) is 1.71. The maximum atomic E-state index is 13.5. The number of nitrogens with zero attached hydrogens (tertiary/aromatic N) is 4. The second-order valence-electron chi connectivity index (χ2n) is 8.92. The first-order valence-electron chi connectivity index (χ1n) is 11.3. The molecule has 1 aliphatic carbocycles. The zero-order valence-corrected chi connectivity index (χ0v) is 18.4. The Bertz CT molecular complexity index is 1060. The Morgan fingerprint density at radius 1 is 1.06 bits per heavy atom. The van der Waals surface area contributed by atoms with Gasteiger partial charge < -0.3 is 14.2 Å². The first-order chi connectivity index (χ1) is 15.7. The lowest BCUT2D eigenvalue weighted by molar-refractivity contribution is -0.135. The molecule has 2 aliphatic rings. The van der Waals surface area contributed by atoms with Crippen molar-refractivity contribution in [3.63, 3.8) is 0 Å². The van der Waals surface area contributed by atoms with Gasteiger partial charge in [-0.25, -0.2) is 0 Å². The van der Waals surface area contributed by atoms with Crippen molar-refractivity contribution in [3.8, 4) is 11.5 Å². The first-order valence-corrected chi connectivity index (χ1v) is 11.3. The molecule has 0 unspecified atom stereocenters. The van der Waals surface area contributed by atoms with Gasteiger partial charge in [0.1, 0.15) is 0 Å². The maximum absolute atomic E-state index is 13.5. The van der Waals surface area contributed by atoms with Crippen LogP contribution in [0, 0.1) is 0 Å². The predicted octanol–water partition coefficient (Wildman–Crippen LogP) is 3.76. The molecule has 7 nitrogen and oxygen atoms in total. The fourth-order valence-electron chi connectivity index (χ4n) is 4.88. The average molecular weight is 433 g/mol. The molecule has 1 amide bonds. The molecule has 1 aliphatic heterocycles. The summed E-state index contributed by atoms with van der Waals surface area (Å²) in [5.74, 6) is 1.46. The summed E-state index contributed by atoms with van der Waals surface area (Å²) in [6, 6.07) is 13.9. The zero-order chi connectivity index (χ0) is 22.0. The molecular weight excluding hydrogens is 404 g/mol. The minimum Gasteiger partial charge on any atom is -0.385 e. The number of rotatable bonds is 7. The monoisotopic (exact) mass is 432 g/mol. The van der Waals surface area contributed by atoms with E-state index in [9.17, 15) is 4.79 Å². The third kappa shape index (κ3) is 3.71. The van der Waals surface area contributed by atoms with Crippen molar-refractivity contribution in [3.05, 3.63) is 66.2 Å². The fourth-order valence-corrected chi connectivity index (χ4v) is 4.88. The minimum absolute atomic E-state index is 0.259. The van der Waals surface area contributed by atoms with Gasteiger partial charge in [0.2, 0.25) is 5.91 Å². The molecule has 0 atom stereocenters. The number of likely N-dealkylation sites (tertiary alicyclic amines) is 1. The number of amides is 1. The Kier molecular flexibility index (Phi) is 5.51. The number of carbonyl (C=O) groups excluding carboxylic acids is 1. The van der Waals surface area contributed by atoms with E-state index >= 15 is 0 Å². The van der Waals surface area contributed by atoms with Crippen LogP contribution in [0.1, 0.15) is 43.5 Å². The summed E-state index contributed by atoms with van der Waals surface area (Å²) < 4.78 is 11.0. The van der Waals surface area contributed by atoms with Crippen LogP contribution in [-0.2, 0) is 20.4 Å². The predicted molar refractivity (Wildman–Crippen MR) is 119 cm³/mol. The van der Waals surface area contributed by atoms with Crippen molar-refractivity contribution >= 4 is 5.91 Å². The van der Waals surface area contributed by atoms with Crippen molar-refractivity contribution in [2.45, 2.75) is 42.9 Å². The van der Waals surface area contributed by atoms with E-state index in [-0.39, 0.29) is 16.7 Å². The summed E-state index contributed by atoms with van der Waals surface area (Å²) >= 11 is 0. The number of benzene rings is 1. The largest absolute Gasteiger partial charge is 0.385 e. The molecule has 32 heavy (non-hydrogen) atoms. The van der Waals surface area contributed by atoms with Gasteiger partial charge in [-0.05, 0) is 49.8 Å². The van der Waals surface area contributed by atoms with Crippen LogP contribution >= 0.6 is 0 Å². The molecule has 2 aromatic heterocycles. The lowest BCUT2D eigenvalue weighted by atomic mass is 9.74.